The van der Waals surface area contributed by atoms with Gasteiger partial charge >= 0.3 is 5.97 Å². The van der Waals surface area contributed by atoms with Crippen LogP contribution in [0.5, 0.6) is 0 Å². The summed E-state index contributed by atoms with van der Waals surface area (Å²) in [7, 11) is 0. The Balaban J connectivity index is 1.76. The number of hydrogen-bond acceptors (Lipinski definition) is 5. The lowest BCUT2D eigenvalue weighted by Gasteiger charge is -2.10. The molecule has 110 valence electrons. The molecule has 1 heterocycles. The van der Waals surface area contributed by atoms with Crippen LogP contribution in [-0.4, -0.2) is 31.2 Å². The Labute approximate surface area is 122 Å². The van der Waals surface area contributed by atoms with Gasteiger partial charge in [-0.3, -0.25) is 4.79 Å². The van der Waals surface area contributed by atoms with Gasteiger partial charge in [0.15, 0.2) is 12.7 Å². The second-order valence-electron chi connectivity index (χ2n) is 4.69. The van der Waals surface area contributed by atoms with Gasteiger partial charge in [-0.25, -0.2) is 4.79 Å². The molecule has 1 aliphatic heterocycles. The lowest BCUT2D eigenvalue weighted by Crippen LogP contribution is -2.27. The summed E-state index contributed by atoms with van der Waals surface area (Å²) in [5.41, 5.74) is 1.47. The highest BCUT2D eigenvalue weighted by molar-refractivity contribution is 5.93. The number of amides is 1. The fourth-order valence-corrected chi connectivity index (χ4v) is 1.99. The van der Waals surface area contributed by atoms with E-state index in [9.17, 15) is 9.59 Å². The second kappa shape index (κ2) is 7.41. The van der Waals surface area contributed by atoms with Crippen LogP contribution in [0.2, 0.25) is 0 Å². The van der Waals surface area contributed by atoms with Gasteiger partial charge in [-0.2, -0.15) is 5.26 Å². The van der Waals surface area contributed by atoms with Crippen molar-refractivity contribution in [2.24, 2.45) is 0 Å². The molecule has 1 amide bonds. The smallest absolute Gasteiger partial charge is 0.335 e. The van der Waals surface area contributed by atoms with Crippen molar-refractivity contribution in [3.8, 4) is 6.07 Å². The predicted molar refractivity (Wildman–Crippen MR) is 74.3 cm³/mol. The van der Waals surface area contributed by atoms with Crippen LogP contribution in [0.3, 0.4) is 0 Å². The van der Waals surface area contributed by atoms with Crippen molar-refractivity contribution in [2.45, 2.75) is 25.4 Å². The highest BCUT2D eigenvalue weighted by Gasteiger charge is 2.25. The zero-order valence-corrected chi connectivity index (χ0v) is 11.5. The van der Waals surface area contributed by atoms with E-state index in [1.807, 2.05) is 6.07 Å². The number of rotatable bonds is 5. The van der Waals surface area contributed by atoms with Crippen molar-refractivity contribution in [2.75, 3.05) is 18.5 Å². The van der Waals surface area contributed by atoms with Gasteiger partial charge in [0.05, 0.1) is 12.5 Å². The summed E-state index contributed by atoms with van der Waals surface area (Å²) in [6.07, 6.45) is 1.26. The molecule has 21 heavy (non-hydrogen) atoms. The van der Waals surface area contributed by atoms with Crippen LogP contribution in [-0.2, 0) is 25.5 Å². The van der Waals surface area contributed by atoms with Crippen LogP contribution in [0.1, 0.15) is 18.4 Å². The number of carbonyl (C=O) groups is 2. The van der Waals surface area contributed by atoms with Crippen LogP contribution >= 0.6 is 0 Å². The third-order valence-electron chi connectivity index (χ3n) is 3.06. The van der Waals surface area contributed by atoms with E-state index in [1.54, 1.807) is 24.3 Å². The molecule has 1 atom stereocenters. The molecule has 1 aromatic rings. The Morgan fingerprint density at radius 3 is 2.76 bits per heavy atom. The van der Waals surface area contributed by atoms with E-state index in [0.717, 1.165) is 12.0 Å². The first-order valence-electron chi connectivity index (χ1n) is 6.73. The van der Waals surface area contributed by atoms with E-state index in [4.69, 9.17) is 14.7 Å². The first kappa shape index (κ1) is 15.0. The Kier molecular flexibility index (Phi) is 5.29. The summed E-state index contributed by atoms with van der Waals surface area (Å²) in [5.74, 6) is -0.901. The van der Waals surface area contributed by atoms with E-state index in [0.29, 0.717) is 25.1 Å². The maximum absolute atomic E-state index is 11.7. The molecule has 0 aromatic heterocycles. The number of esters is 1. The van der Waals surface area contributed by atoms with Crippen molar-refractivity contribution in [1.82, 2.24) is 0 Å². The molecule has 2 rings (SSSR count). The largest absolute Gasteiger partial charge is 0.454 e. The molecular formula is C15H16N2O4. The standard InChI is InChI=1S/C15H16N2O4/c16-8-7-11-3-5-12(6-4-11)17-14(18)10-21-15(19)13-2-1-9-20-13/h3-6,13H,1-2,7,9-10H2,(H,17,18)/t13-/m0/s1. The van der Waals surface area contributed by atoms with Crippen LogP contribution < -0.4 is 5.32 Å². The fourth-order valence-electron chi connectivity index (χ4n) is 1.99. The normalized spacial score (nSPS) is 17.0. The molecule has 0 bridgehead atoms. The fraction of sp³-hybridized carbons (Fsp3) is 0.400. The molecule has 6 heteroatoms. The van der Waals surface area contributed by atoms with E-state index in [1.165, 1.54) is 0 Å². The van der Waals surface area contributed by atoms with Crippen molar-refractivity contribution in [3.63, 3.8) is 0 Å². The minimum atomic E-state index is -0.539. The number of benzene rings is 1. The summed E-state index contributed by atoms with van der Waals surface area (Å²) in [6, 6.07) is 8.97. The average molecular weight is 288 g/mol. The molecular weight excluding hydrogens is 272 g/mol. The van der Waals surface area contributed by atoms with Crippen molar-refractivity contribution in [3.05, 3.63) is 29.8 Å². The minimum Gasteiger partial charge on any atom is -0.454 e. The summed E-state index contributed by atoms with van der Waals surface area (Å²) >= 11 is 0. The summed E-state index contributed by atoms with van der Waals surface area (Å²) in [6.45, 7) is 0.222. The zero-order chi connectivity index (χ0) is 15.1. The van der Waals surface area contributed by atoms with Gasteiger partial charge in [0.2, 0.25) is 0 Å². The molecule has 0 spiro atoms. The van der Waals surface area contributed by atoms with Crippen LogP contribution in [0.25, 0.3) is 0 Å². The Bertz CT molecular complexity index is 542. The summed E-state index contributed by atoms with van der Waals surface area (Å²) < 4.78 is 10.1. The van der Waals surface area contributed by atoms with Crippen molar-refractivity contribution >= 4 is 17.6 Å². The molecule has 1 N–H and O–H groups in total. The first-order valence-corrected chi connectivity index (χ1v) is 6.73. The monoisotopic (exact) mass is 288 g/mol. The first-order chi connectivity index (χ1) is 10.2. The topological polar surface area (TPSA) is 88.4 Å². The summed E-state index contributed by atoms with van der Waals surface area (Å²) in [4.78, 5) is 23.2. The Morgan fingerprint density at radius 1 is 1.38 bits per heavy atom. The number of nitriles is 1. The highest BCUT2D eigenvalue weighted by atomic mass is 16.6. The lowest BCUT2D eigenvalue weighted by molar-refractivity contribution is -0.156. The second-order valence-corrected chi connectivity index (χ2v) is 4.69. The number of nitrogens with zero attached hydrogens (tertiary/aromatic N) is 1. The van der Waals surface area contributed by atoms with Gasteiger partial charge in [0.1, 0.15) is 0 Å². The third kappa shape index (κ3) is 4.58. The van der Waals surface area contributed by atoms with Crippen LogP contribution in [0.4, 0.5) is 5.69 Å². The highest BCUT2D eigenvalue weighted by Crippen LogP contribution is 2.13. The molecule has 0 unspecified atom stereocenters. The van der Waals surface area contributed by atoms with Crippen LogP contribution in [0.15, 0.2) is 24.3 Å². The number of carbonyl (C=O) groups excluding carboxylic acids is 2. The van der Waals surface area contributed by atoms with Gasteiger partial charge in [-0.15, -0.1) is 0 Å². The van der Waals surface area contributed by atoms with E-state index in [2.05, 4.69) is 5.32 Å². The zero-order valence-electron chi connectivity index (χ0n) is 11.5. The Morgan fingerprint density at radius 2 is 2.14 bits per heavy atom. The molecule has 1 saturated heterocycles. The maximum atomic E-state index is 11.7. The van der Waals surface area contributed by atoms with Crippen molar-refractivity contribution in [1.29, 1.82) is 5.26 Å². The molecule has 6 nitrogen and oxygen atoms in total. The van der Waals surface area contributed by atoms with Gasteiger partial charge in [-0.1, -0.05) is 12.1 Å². The third-order valence-corrected chi connectivity index (χ3v) is 3.06. The van der Waals surface area contributed by atoms with E-state index < -0.39 is 18.0 Å². The van der Waals surface area contributed by atoms with Crippen molar-refractivity contribution < 1.29 is 19.1 Å². The number of anilines is 1. The maximum Gasteiger partial charge on any atom is 0.335 e. The molecule has 0 aliphatic carbocycles. The van der Waals surface area contributed by atoms with Gasteiger partial charge in [0, 0.05) is 12.3 Å². The number of ether oxygens (including phenoxy) is 2. The lowest BCUT2D eigenvalue weighted by atomic mass is 10.1. The summed E-state index contributed by atoms with van der Waals surface area (Å²) in [5, 5.41) is 11.2. The van der Waals surface area contributed by atoms with Gasteiger partial charge in [0.25, 0.3) is 5.91 Å². The number of hydrogen-bond donors (Lipinski definition) is 1. The van der Waals surface area contributed by atoms with E-state index in [-0.39, 0.29) is 6.61 Å². The molecule has 0 radical (unpaired) electrons. The van der Waals surface area contributed by atoms with Gasteiger partial charge in [-0.05, 0) is 30.5 Å². The SMILES string of the molecule is N#CCc1ccc(NC(=O)COC(=O)[C@@H]2CCCO2)cc1. The molecule has 1 aromatic carbocycles. The average Bonchev–Trinajstić information content (AvgIpc) is 3.01. The Hall–Kier alpha value is -2.39. The quantitative estimate of drug-likeness (QED) is 0.828. The van der Waals surface area contributed by atoms with E-state index >= 15 is 0 Å². The van der Waals surface area contributed by atoms with Crippen LogP contribution in [0, 0.1) is 11.3 Å². The number of nitrogens with one attached hydrogen (secondary N) is 1. The molecule has 0 saturated carbocycles. The molecule has 1 fully saturated rings. The predicted octanol–water partition coefficient (Wildman–Crippen LogP) is 1.41. The minimum absolute atomic E-state index is 0.327. The molecule has 1 aliphatic rings. The van der Waals surface area contributed by atoms with Gasteiger partial charge < -0.3 is 14.8 Å².